The molecule has 0 fully saturated rings. The number of amides is 1. The molecule has 0 radical (unpaired) electrons. The van der Waals surface area contributed by atoms with Gasteiger partial charge in [-0.25, -0.2) is 8.42 Å². The molecule has 1 aromatic carbocycles. The average molecular weight is 300 g/mol. The minimum atomic E-state index is -3.87. The highest BCUT2D eigenvalue weighted by Crippen LogP contribution is 2.11. The number of rotatable bonds is 6. The van der Waals surface area contributed by atoms with E-state index in [1.54, 1.807) is 12.1 Å². The Balaban J connectivity index is 2.81. The van der Waals surface area contributed by atoms with E-state index in [9.17, 15) is 18.0 Å². The Morgan fingerprint density at radius 1 is 1.25 bits per heavy atom. The standard InChI is InChI=1S/C12H16N2O5S/c1-8(12(16)17)14-20(18,19)11-5-3-10(4-6-11)7-13-9(2)15/h3-6,8,14H,7H2,1-2H3,(H,13,15)(H,16,17)/t8-/m0/s1. The van der Waals surface area contributed by atoms with Crippen molar-refractivity contribution in [1.82, 2.24) is 10.0 Å². The van der Waals surface area contributed by atoms with Crippen LogP contribution >= 0.6 is 0 Å². The van der Waals surface area contributed by atoms with Gasteiger partial charge in [0.1, 0.15) is 6.04 Å². The highest BCUT2D eigenvalue weighted by atomic mass is 32.2. The molecule has 0 aliphatic carbocycles. The number of carboxylic acids is 1. The summed E-state index contributed by atoms with van der Waals surface area (Å²) in [4.78, 5) is 21.4. The van der Waals surface area contributed by atoms with Crippen molar-refractivity contribution in [2.24, 2.45) is 0 Å². The Bertz CT molecular complexity index is 595. The maximum absolute atomic E-state index is 11.9. The van der Waals surface area contributed by atoms with Gasteiger partial charge in [-0.2, -0.15) is 4.72 Å². The summed E-state index contributed by atoms with van der Waals surface area (Å²) in [6.07, 6.45) is 0. The first-order valence-electron chi connectivity index (χ1n) is 5.81. The van der Waals surface area contributed by atoms with Crippen LogP contribution in [0.25, 0.3) is 0 Å². The second kappa shape index (κ2) is 6.49. The maximum atomic E-state index is 11.9. The van der Waals surface area contributed by atoms with Crippen molar-refractivity contribution in [3.05, 3.63) is 29.8 Å². The number of sulfonamides is 1. The second-order valence-corrected chi connectivity index (χ2v) is 5.95. The molecule has 0 heterocycles. The summed E-state index contributed by atoms with van der Waals surface area (Å²) < 4.78 is 25.8. The van der Waals surface area contributed by atoms with Crippen LogP contribution in [0.4, 0.5) is 0 Å². The number of hydrogen-bond acceptors (Lipinski definition) is 4. The van der Waals surface area contributed by atoms with E-state index in [2.05, 4.69) is 5.32 Å². The van der Waals surface area contributed by atoms with Crippen LogP contribution < -0.4 is 10.0 Å². The average Bonchev–Trinajstić information content (AvgIpc) is 2.36. The van der Waals surface area contributed by atoms with Crippen molar-refractivity contribution in [1.29, 1.82) is 0 Å². The van der Waals surface area contributed by atoms with E-state index in [1.807, 2.05) is 4.72 Å². The lowest BCUT2D eigenvalue weighted by atomic mass is 10.2. The smallest absolute Gasteiger partial charge is 0.321 e. The van der Waals surface area contributed by atoms with Crippen LogP contribution in [0.2, 0.25) is 0 Å². The molecule has 1 amide bonds. The second-order valence-electron chi connectivity index (χ2n) is 4.23. The van der Waals surface area contributed by atoms with Crippen LogP contribution in [0.15, 0.2) is 29.2 Å². The van der Waals surface area contributed by atoms with E-state index in [0.717, 1.165) is 5.56 Å². The highest BCUT2D eigenvalue weighted by molar-refractivity contribution is 7.89. The molecule has 1 rings (SSSR count). The Hall–Kier alpha value is -1.93. The number of carbonyl (C=O) groups is 2. The fourth-order valence-electron chi connectivity index (χ4n) is 1.36. The van der Waals surface area contributed by atoms with Gasteiger partial charge in [-0.1, -0.05) is 12.1 Å². The lowest BCUT2D eigenvalue weighted by Crippen LogP contribution is -2.38. The zero-order chi connectivity index (χ0) is 15.3. The molecule has 7 nitrogen and oxygen atoms in total. The molecule has 1 atom stereocenters. The summed E-state index contributed by atoms with van der Waals surface area (Å²) in [5.41, 5.74) is 0.741. The van der Waals surface area contributed by atoms with Gasteiger partial charge in [-0.05, 0) is 24.6 Å². The van der Waals surface area contributed by atoms with Crippen molar-refractivity contribution >= 4 is 21.9 Å². The number of nitrogens with one attached hydrogen (secondary N) is 2. The minimum Gasteiger partial charge on any atom is -0.480 e. The van der Waals surface area contributed by atoms with Crippen molar-refractivity contribution in [3.63, 3.8) is 0 Å². The first kappa shape index (κ1) is 16.1. The van der Waals surface area contributed by atoms with Crippen LogP contribution in [0, 0.1) is 0 Å². The molecule has 1 aromatic rings. The third-order valence-corrected chi connectivity index (χ3v) is 4.03. The Morgan fingerprint density at radius 3 is 2.25 bits per heavy atom. The zero-order valence-electron chi connectivity index (χ0n) is 11.1. The van der Waals surface area contributed by atoms with Gasteiger partial charge in [0.2, 0.25) is 15.9 Å². The Kier molecular flexibility index (Phi) is 5.23. The normalized spacial score (nSPS) is 12.7. The molecule has 0 aromatic heterocycles. The molecular formula is C12H16N2O5S. The van der Waals surface area contributed by atoms with Gasteiger partial charge in [0.05, 0.1) is 4.90 Å². The molecule has 0 aliphatic rings. The van der Waals surface area contributed by atoms with E-state index in [4.69, 9.17) is 5.11 Å². The first-order chi connectivity index (χ1) is 9.22. The van der Waals surface area contributed by atoms with E-state index in [-0.39, 0.29) is 10.8 Å². The summed E-state index contributed by atoms with van der Waals surface area (Å²) in [5, 5.41) is 11.3. The number of aliphatic carboxylic acids is 1. The van der Waals surface area contributed by atoms with Gasteiger partial charge < -0.3 is 10.4 Å². The molecule has 0 unspecified atom stereocenters. The zero-order valence-corrected chi connectivity index (χ0v) is 11.9. The van der Waals surface area contributed by atoms with Crippen LogP contribution in [0.3, 0.4) is 0 Å². The first-order valence-corrected chi connectivity index (χ1v) is 7.29. The number of hydrogen-bond donors (Lipinski definition) is 3. The van der Waals surface area contributed by atoms with Gasteiger partial charge in [-0.15, -0.1) is 0 Å². The third kappa shape index (κ3) is 4.63. The minimum absolute atomic E-state index is 0.0304. The van der Waals surface area contributed by atoms with E-state index in [1.165, 1.54) is 26.0 Å². The van der Waals surface area contributed by atoms with Crippen LogP contribution in [0.1, 0.15) is 19.4 Å². The molecule has 3 N–H and O–H groups in total. The molecule has 0 saturated carbocycles. The van der Waals surface area contributed by atoms with E-state index >= 15 is 0 Å². The maximum Gasteiger partial charge on any atom is 0.321 e. The van der Waals surface area contributed by atoms with Crippen molar-refractivity contribution in [2.75, 3.05) is 0 Å². The van der Waals surface area contributed by atoms with Gasteiger partial charge >= 0.3 is 5.97 Å². The molecule has 0 bridgehead atoms. The van der Waals surface area contributed by atoms with Crippen molar-refractivity contribution < 1.29 is 23.1 Å². The third-order valence-electron chi connectivity index (χ3n) is 2.48. The highest BCUT2D eigenvalue weighted by Gasteiger charge is 2.21. The number of carboxylic acid groups (broad SMARTS) is 1. The van der Waals surface area contributed by atoms with Crippen LogP contribution in [-0.4, -0.2) is 31.4 Å². The van der Waals surface area contributed by atoms with Gasteiger partial charge in [-0.3, -0.25) is 9.59 Å². The summed E-state index contributed by atoms with van der Waals surface area (Å²) in [6, 6.07) is 4.60. The molecule has 0 spiro atoms. The number of carbonyl (C=O) groups excluding carboxylic acids is 1. The van der Waals surface area contributed by atoms with Gasteiger partial charge in [0.15, 0.2) is 0 Å². The van der Waals surface area contributed by atoms with E-state index < -0.39 is 22.0 Å². The van der Waals surface area contributed by atoms with Crippen molar-refractivity contribution in [3.8, 4) is 0 Å². The molecule has 110 valence electrons. The fourth-order valence-corrected chi connectivity index (χ4v) is 2.56. The largest absolute Gasteiger partial charge is 0.480 e. The van der Waals surface area contributed by atoms with Gasteiger partial charge in [0.25, 0.3) is 0 Å². The van der Waals surface area contributed by atoms with Crippen LogP contribution in [-0.2, 0) is 26.2 Å². The number of benzene rings is 1. The van der Waals surface area contributed by atoms with Gasteiger partial charge in [0, 0.05) is 13.5 Å². The van der Waals surface area contributed by atoms with Crippen LogP contribution in [0.5, 0.6) is 0 Å². The van der Waals surface area contributed by atoms with E-state index in [0.29, 0.717) is 6.54 Å². The molecule has 20 heavy (non-hydrogen) atoms. The monoisotopic (exact) mass is 300 g/mol. The summed E-state index contributed by atoms with van der Waals surface area (Å²) in [5.74, 6) is -1.44. The summed E-state index contributed by atoms with van der Waals surface area (Å²) >= 11 is 0. The SMILES string of the molecule is CC(=O)NCc1ccc(S(=O)(=O)N[C@@H](C)C(=O)O)cc1. The Morgan fingerprint density at radius 2 is 1.80 bits per heavy atom. The quantitative estimate of drug-likeness (QED) is 0.688. The molecule has 8 heteroatoms. The predicted octanol–water partition coefficient (Wildman–Crippen LogP) is 0.0741. The predicted molar refractivity (Wildman–Crippen MR) is 71.4 cm³/mol. The molecule has 0 aliphatic heterocycles. The lowest BCUT2D eigenvalue weighted by Gasteiger charge is -2.10. The fraction of sp³-hybridized carbons (Fsp3) is 0.333. The Labute approximate surface area is 117 Å². The van der Waals surface area contributed by atoms with Crippen molar-refractivity contribution in [2.45, 2.75) is 31.3 Å². The molecular weight excluding hydrogens is 284 g/mol. The lowest BCUT2D eigenvalue weighted by molar-refractivity contribution is -0.138. The summed E-state index contributed by atoms with van der Waals surface area (Å²) in [7, 11) is -3.87. The molecule has 0 saturated heterocycles. The summed E-state index contributed by atoms with van der Waals surface area (Å²) in [6.45, 7) is 2.93. The topological polar surface area (TPSA) is 113 Å².